The van der Waals surface area contributed by atoms with E-state index in [1.807, 2.05) is 44.2 Å². The van der Waals surface area contributed by atoms with Crippen molar-refractivity contribution in [1.82, 2.24) is 25.0 Å². The van der Waals surface area contributed by atoms with Gasteiger partial charge in [-0.1, -0.05) is 95.7 Å². The average Bonchev–Trinajstić information content (AvgIpc) is 3.10. The van der Waals surface area contributed by atoms with Gasteiger partial charge in [-0.25, -0.2) is 0 Å². The Balaban J connectivity index is 1.80. The number of ether oxygens (including phenoxy) is 1. The lowest BCUT2D eigenvalue weighted by Crippen LogP contribution is -2.58. The number of nitrogens with zero attached hydrogens (tertiary/aromatic N) is 1. The first-order valence-corrected chi connectivity index (χ1v) is 20.0. The zero-order valence-corrected chi connectivity index (χ0v) is 31.1. The second-order valence-electron chi connectivity index (χ2n) is 14.1. The Bertz CT molecular complexity index is 1300. The highest BCUT2D eigenvalue weighted by atomic mass is 32.2. The van der Waals surface area contributed by atoms with Gasteiger partial charge in [0.15, 0.2) is 0 Å². The largest absolute Gasteiger partial charge is 0.391 e. The van der Waals surface area contributed by atoms with Gasteiger partial charge in [0, 0.05) is 25.6 Å². The molecule has 282 valence electrons. The van der Waals surface area contributed by atoms with Crippen molar-refractivity contribution in [3.05, 3.63) is 48.6 Å². The van der Waals surface area contributed by atoms with Gasteiger partial charge in [-0.3, -0.25) is 14.4 Å². The number of nitrogens with one attached hydrogen (secondary N) is 4. The Kier molecular flexibility index (Phi) is 17.9. The summed E-state index contributed by atoms with van der Waals surface area (Å²) in [4.78, 5) is 40.9. The number of carbonyl (C=O) groups is 3. The minimum Gasteiger partial charge on any atom is -0.391 e. The Labute approximate surface area is 299 Å². The van der Waals surface area contributed by atoms with E-state index in [9.17, 15) is 27.9 Å². The van der Waals surface area contributed by atoms with Crippen LogP contribution < -0.4 is 20.7 Å². The molecule has 1 aromatic carbocycles. The monoisotopic (exact) mass is 719 g/mol. The van der Waals surface area contributed by atoms with Crippen LogP contribution in [-0.4, -0.2) is 92.6 Å². The van der Waals surface area contributed by atoms with Gasteiger partial charge < -0.3 is 25.8 Å². The molecule has 1 aliphatic heterocycles. The fraction of sp³-hybridized carbons (Fsp3) is 0.703. The van der Waals surface area contributed by atoms with Crippen molar-refractivity contribution in [3.63, 3.8) is 0 Å². The summed E-state index contributed by atoms with van der Waals surface area (Å²) >= 11 is 0. The lowest BCUT2D eigenvalue weighted by molar-refractivity contribution is -0.131. The first-order chi connectivity index (χ1) is 23.9. The van der Waals surface area contributed by atoms with Gasteiger partial charge in [0.2, 0.25) is 17.7 Å². The van der Waals surface area contributed by atoms with Gasteiger partial charge in [-0.15, -0.1) is 6.58 Å². The quantitative estimate of drug-likeness (QED) is 0.0962. The van der Waals surface area contributed by atoms with Crippen LogP contribution in [0.15, 0.2) is 43.0 Å². The Morgan fingerprint density at radius 3 is 2.28 bits per heavy atom. The molecule has 1 saturated carbocycles. The highest BCUT2D eigenvalue weighted by molar-refractivity contribution is 7.87. The number of unbranched alkanes of at least 4 members (excludes halogenated alkanes) is 1. The molecule has 2 aliphatic rings. The molecule has 0 unspecified atom stereocenters. The summed E-state index contributed by atoms with van der Waals surface area (Å²) in [6.45, 7) is 11.2. The number of rotatable bonds is 21. The van der Waals surface area contributed by atoms with E-state index in [-0.39, 0.29) is 57.4 Å². The maximum absolute atomic E-state index is 13.9. The van der Waals surface area contributed by atoms with E-state index in [2.05, 4.69) is 34.2 Å². The summed E-state index contributed by atoms with van der Waals surface area (Å²) < 4.78 is 35.8. The minimum absolute atomic E-state index is 0.0205. The highest BCUT2D eigenvalue weighted by Gasteiger charge is 2.35. The molecule has 12 nitrogen and oxygen atoms in total. The lowest BCUT2D eigenvalue weighted by atomic mass is 9.81. The third-order valence-electron chi connectivity index (χ3n) is 9.81. The third-order valence-corrected chi connectivity index (χ3v) is 11.4. The SMILES string of the molecule is C=CC[C@H](NC(=O)[C@H](Cc1ccccc1)NS(=O)(=O)N1CCOCC1)C(=O)N[C@@H](CC1CCCCC1)[C@@H](O)C[C@H](C(=O)NCCCC)C(C)C. The predicted molar refractivity (Wildman–Crippen MR) is 195 cm³/mol. The fourth-order valence-electron chi connectivity index (χ4n) is 6.75. The third kappa shape index (κ3) is 13.7. The van der Waals surface area contributed by atoms with E-state index >= 15 is 0 Å². The van der Waals surface area contributed by atoms with Gasteiger partial charge in [-0.05, 0) is 49.5 Å². The van der Waals surface area contributed by atoms with Gasteiger partial charge >= 0.3 is 0 Å². The summed E-state index contributed by atoms with van der Waals surface area (Å²) in [7, 11) is -4.04. The minimum atomic E-state index is -4.04. The van der Waals surface area contributed by atoms with Crippen molar-refractivity contribution in [2.75, 3.05) is 32.8 Å². The number of morpholine rings is 1. The molecule has 3 amide bonds. The van der Waals surface area contributed by atoms with Gasteiger partial charge in [-0.2, -0.15) is 17.4 Å². The summed E-state index contributed by atoms with van der Waals surface area (Å²) in [5.74, 6) is -1.39. The summed E-state index contributed by atoms with van der Waals surface area (Å²) in [6.07, 6.45) is 8.62. The van der Waals surface area contributed by atoms with E-state index in [1.54, 1.807) is 0 Å². The zero-order valence-electron chi connectivity index (χ0n) is 30.3. The summed E-state index contributed by atoms with van der Waals surface area (Å²) in [5, 5.41) is 20.4. The lowest BCUT2D eigenvalue weighted by Gasteiger charge is -2.33. The van der Waals surface area contributed by atoms with Crippen molar-refractivity contribution < 1.29 is 32.6 Å². The molecule has 0 bridgehead atoms. The highest BCUT2D eigenvalue weighted by Crippen LogP contribution is 2.30. The number of benzene rings is 1. The molecule has 50 heavy (non-hydrogen) atoms. The van der Waals surface area contributed by atoms with Crippen molar-refractivity contribution in [2.24, 2.45) is 17.8 Å². The number of hydrogen-bond donors (Lipinski definition) is 5. The molecular formula is C37H61N5O7S. The number of aliphatic hydroxyl groups excluding tert-OH is 1. The number of hydrogen-bond acceptors (Lipinski definition) is 7. The van der Waals surface area contributed by atoms with Crippen LogP contribution in [0.4, 0.5) is 0 Å². The second-order valence-corrected chi connectivity index (χ2v) is 15.8. The fourth-order valence-corrected chi connectivity index (χ4v) is 8.08. The molecule has 5 N–H and O–H groups in total. The van der Waals surface area contributed by atoms with E-state index in [0.29, 0.717) is 18.9 Å². The van der Waals surface area contributed by atoms with Crippen molar-refractivity contribution in [2.45, 2.75) is 116 Å². The number of carbonyl (C=O) groups excluding carboxylic acids is 3. The molecule has 1 heterocycles. The molecule has 1 aromatic rings. The number of aliphatic hydroxyl groups is 1. The molecule has 13 heteroatoms. The molecule has 0 aromatic heterocycles. The van der Waals surface area contributed by atoms with Crippen LogP contribution in [0.1, 0.15) is 90.5 Å². The van der Waals surface area contributed by atoms with Crippen LogP contribution in [0, 0.1) is 17.8 Å². The topological polar surface area (TPSA) is 166 Å². The Morgan fingerprint density at radius 2 is 1.66 bits per heavy atom. The maximum atomic E-state index is 13.9. The molecule has 2 fully saturated rings. The van der Waals surface area contributed by atoms with E-state index in [1.165, 1.54) is 10.4 Å². The predicted octanol–water partition coefficient (Wildman–Crippen LogP) is 3.22. The standard InChI is InChI=1S/C37H61N5O7S/c1-5-7-19-38-35(44)30(27(3)4)26-34(43)32(24-28-15-10-8-11-16-28)40-36(45)31(14-6-2)39-37(46)33(25-29-17-12-9-13-18-29)41-50(47,48)42-20-22-49-23-21-42/h6,9,12-13,17-18,27-28,30-34,41,43H,2,5,7-8,10-11,14-16,19-26H2,1,3-4H3,(H,38,44)(H,39,46)(H,40,45)/t30-,31-,32-,33-,34-/m0/s1. The van der Waals surface area contributed by atoms with Gasteiger partial charge in [0.25, 0.3) is 10.2 Å². The van der Waals surface area contributed by atoms with Crippen LogP contribution >= 0.6 is 0 Å². The molecule has 0 spiro atoms. The van der Waals surface area contributed by atoms with Crippen LogP contribution in [-0.2, 0) is 35.8 Å². The van der Waals surface area contributed by atoms with E-state index in [0.717, 1.165) is 50.5 Å². The first kappa shape index (κ1) is 41.6. The Morgan fingerprint density at radius 1 is 1.00 bits per heavy atom. The smallest absolute Gasteiger partial charge is 0.280 e. The van der Waals surface area contributed by atoms with Crippen LogP contribution in [0.5, 0.6) is 0 Å². The first-order valence-electron chi connectivity index (χ1n) is 18.5. The van der Waals surface area contributed by atoms with Crippen LogP contribution in [0.2, 0.25) is 0 Å². The van der Waals surface area contributed by atoms with Crippen molar-refractivity contribution in [3.8, 4) is 0 Å². The summed E-state index contributed by atoms with van der Waals surface area (Å²) in [5.41, 5.74) is 0.746. The number of amides is 3. The molecule has 5 atom stereocenters. The van der Waals surface area contributed by atoms with Crippen LogP contribution in [0.3, 0.4) is 0 Å². The van der Waals surface area contributed by atoms with Gasteiger partial charge in [0.05, 0.1) is 25.4 Å². The van der Waals surface area contributed by atoms with Crippen LogP contribution in [0.25, 0.3) is 0 Å². The molecular weight excluding hydrogens is 659 g/mol. The van der Waals surface area contributed by atoms with Gasteiger partial charge in [0.1, 0.15) is 12.1 Å². The summed E-state index contributed by atoms with van der Waals surface area (Å²) in [6, 6.07) is 6.17. The van der Waals surface area contributed by atoms with E-state index < -0.39 is 52.2 Å². The average molecular weight is 720 g/mol. The van der Waals surface area contributed by atoms with E-state index in [4.69, 9.17) is 4.74 Å². The van der Waals surface area contributed by atoms with Crippen molar-refractivity contribution in [1.29, 1.82) is 0 Å². The molecule has 1 aliphatic carbocycles. The normalized spacial score (nSPS) is 19.1. The maximum Gasteiger partial charge on any atom is 0.280 e. The zero-order chi connectivity index (χ0) is 36.5. The molecule has 1 saturated heterocycles. The second kappa shape index (κ2) is 21.5. The van der Waals surface area contributed by atoms with Crippen molar-refractivity contribution >= 4 is 27.9 Å². The molecule has 3 rings (SSSR count). The Hall–Kier alpha value is -2.84. The molecule has 0 radical (unpaired) electrons.